The molecule has 1 aliphatic rings. The van der Waals surface area contributed by atoms with E-state index in [2.05, 4.69) is 0 Å². The molecule has 14 heavy (non-hydrogen) atoms. The molecule has 0 saturated heterocycles. The van der Waals surface area contributed by atoms with Crippen LogP contribution in [0.2, 0.25) is 0 Å². The Morgan fingerprint density at radius 2 is 2.21 bits per heavy atom. The molecule has 1 aromatic rings. The third kappa shape index (κ3) is 2.32. The molecule has 2 rings (SSSR count). The van der Waals surface area contributed by atoms with Crippen molar-refractivity contribution < 1.29 is 9.50 Å². The summed E-state index contributed by atoms with van der Waals surface area (Å²) >= 11 is 0. The zero-order chi connectivity index (χ0) is 9.97. The van der Waals surface area contributed by atoms with Crippen molar-refractivity contribution in [3.63, 3.8) is 0 Å². The predicted molar refractivity (Wildman–Crippen MR) is 53.5 cm³/mol. The van der Waals surface area contributed by atoms with E-state index in [1.54, 1.807) is 12.1 Å². The molecule has 76 valence electrons. The molecule has 2 heteroatoms. The molecule has 1 nitrogen and oxygen atoms in total. The van der Waals surface area contributed by atoms with E-state index in [1.807, 2.05) is 6.07 Å². The van der Waals surface area contributed by atoms with Gasteiger partial charge in [0.1, 0.15) is 5.82 Å². The summed E-state index contributed by atoms with van der Waals surface area (Å²) in [5.41, 5.74) is 1.05. The molecule has 2 unspecified atom stereocenters. The van der Waals surface area contributed by atoms with Crippen LogP contribution in [0.25, 0.3) is 0 Å². The van der Waals surface area contributed by atoms with E-state index in [-0.39, 0.29) is 11.9 Å². The third-order valence-electron chi connectivity index (χ3n) is 2.93. The molecule has 2 atom stereocenters. The number of hydrogen-bond acceptors (Lipinski definition) is 1. The highest BCUT2D eigenvalue weighted by Gasteiger charge is 2.22. The van der Waals surface area contributed by atoms with Crippen molar-refractivity contribution in [3.8, 4) is 0 Å². The molecule has 1 aliphatic carbocycles. The Kier molecular flexibility index (Phi) is 2.82. The van der Waals surface area contributed by atoms with Gasteiger partial charge in [0.2, 0.25) is 0 Å². The molecule has 0 spiro atoms. The van der Waals surface area contributed by atoms with Crippen LogP contribution in [0.1, 0.15) is 24.8 Å². The van der Waals surface area contributed by atoms with Crippen LogP contribution in [0.15, 0.2) is 24.3 Å². The Morgan fingerprint density at radius 1 is 1.36 bits per heavy atom. The van der Waals surface area contributed by atoms with Crippen LogP contribution in [0.4, 0.5) is 4.39 Å². The average Bonchev–Trinajstić information content (AvgIpc) is 2.51. The zero-order valence-corrected chi connectivity index (χ0v) is 8.12. The molecule has 1 N–H and O–H groups in total. The SMILES string of the molecule is OC1CCC(Cc2cccc(F)c2)C1. The highest BCUT2D eigenvalue weighted by atomic mass is 19.1. The maximum atomic E-state index is 12.9. The van der Waals surface area contributed by atoms with Gasteiger partial charge < -0.3 is 5.11 Å². The van der Waals surface area contributed by atoms with Gasteiger partial charge in [-0.2, -0.15) is 0 Å². The van der Waals surface area contributed by atoms with E-state index in [0.717, 1.165) is 31.2 Å². The summed E-state index contributed by atoms with van der Waals surface area (Å²) in [6.45, 7) is 0. The maximum Gasteiger partial charge on any atom is 0.123 e. The first-order valence-corrected chi connectivity index (χ1v) is 5.16. The predicted octanol–water partition coefficient (Wildman–Crippen LogP) is 2.53. The normalized spacial score (nSPS) is 26.7. The van der Waals surface area contributed by atoms with Gasteiger partial charge in [0.15, 0.2) is 0 Å². The van der Waals surface area contributed by atoms with Crippen molar-refractivity contribution in [2.45, 2.75) is 31.8 Å². The molecule has 1 fully saturated rings. The molecule has 1 saturated carbocycles. The lowest BCUT2D eigenvalue weighted by atomic mass is 9.98. The van der Waals surface area contributed by atoms with Crippen molar-refractivity contribution in [1.82, 2.24) is 0 Å². The highest BCUT2D eigenvalue weighted by Crippen LogP contribution is 2.28. The summed E-state index contributed by atoms with van der Waals surface area (Å²) in [6, 6.07) is 6.75. The molecule has 0 aromatic heterocycles. The lowest BCUT2D eigenvalue weighted by Crippen LogP contribution is -2.03. The fourth-order valence-corrected chi connectivity index (χ4v) is 2.23. The molecule has 0 aliphatic heterocycles. The summed E-state index contributed by atoms with van der Waals surface area (Å²) in [5.74, 6) is 0.368. The first-order chi connectivity index (χ1) is 6.74. The fraction of sp³-hybridized carbons (Fsp3) is 0.500. The van der Waals surface area contributed by atoms with Gasteiger partial charge in [-0.05, 0) is 49.3 Å². The zero-order valence-electron chi connectivity index (χ0n) is 8.12. The Bertz CT molecular complexity index is 311. The van der Waals surface area contributed by atoms with Crippen molar-refractivity contribution in [1.29, 1.82) is 0 Å². The third-order valence-corrected chi connectivity index (χ3v) is 2.93. The molecule has 1 aromatic carbocycles. The minimum atomic E-state index is -0.166. The second kappa shape index (κ2) is 4.09. The monoisotopic (exact) mass is 194 g/mol. The van der Waals surface area contributed by atoms with Crippen molar-refractivity contribution in [2.24, 2.45) is 5.92 Å². The van der Waals surface area contributed by atoms with E-state index < -0.39 is 0 Å². The van der Waals surface area contributed by atoms with Gasteiger partial charge in [0.25, 0.3) is 0 Å². The minimum Gasteiger partial charge on any atom is -0.393 e. The van der Waals surface area contributed by atoms with Crippen LogP contribution in [0.3, 0.4) is 0 Å². The molecule has 0 radical (unpaired) electrons. The first-order valence-electron chi connectivity index (χ1n) is 5.16. The largest absolute Gasteiger partial charge is 0.393 e. The highest BCUT2D eigenvalue weighted by molar-refractivity contribution is 5.17. The van der Waals surface area contributed by atoms with Gasteiger partial charge in [0, 0.05) is 0 Å². The maximum absolute atomic E-state index is 12.9. The van der Waals surface area contributed by atoms with Crippen molar-refractivity contribution in [3.05, 3.63) is 35.6 Å². The van der Waals surface area contributed by atoms with Gasteiger partial charge >= 0.3 is 0 Å². The van der Waals surface area contributed by atoms with E-state index in [1.165, 1.54) is 6.07 Å². The Hall–Kier alpha value is -0.890. The number of benzene rings is 1. The first kappa shape index (κ1) is 9.66. The standard InChI is InChI=1S/C12H15FO/c13-11-3-1-2-9(7-11)6-10-4-5-12(14)8-10/h1-3,7,10,12,14H,4-6,8H2. The molecule has 0 heterocycles. The average molecular weight is 194 g/mol. The van der Waals surface area contributed by atoms with Crippen LogP contribution in [-0.2, 0) is 6.42 Å². The van der Waals surface area contributed by atoms with E-state index in [0.29, 0.717) is 5.92 Å². The Balaban J connectivity index is 1.97. The summed E-state index contributed by atoms with van der Waals surface area (Å²) in [7, 11) is 0. The number of aliphatic hydroxyl groups is 1. The number of aliphatic hydroxyl groups excluding tert-OH is 1. The fourth-order valence-electron chi connectivity index (χ4n) is 2.23. The van der Waals surface area contributed by atoms with Gasteiger partial charge in [0.05, 0.1) is 6.10 Å². The van der Waals surface area contributed by atoms with Crippen molar-refractivity contribution in [2.75, 3.05) is 0 Å². The van der Waals surface area contributed by atoms with Crippen LogP contribution >= 0.6 is 0 Å². The van der Waals surface area contributed by atoms with E-state index in [4.69, 9.17) is 0 Å². The van der Waals surface area contributed by atoms with Crippen LogP contribution < -0.4 is 0 Å². The van der Waals surface area contributed by atoms with Gasteiger partial charge in [-0.3, -0.25) is 0 Å². The smallest absolute Gasteiger partial charge is 0.123 e. The van der Waals surface area contributed by atoms with Gasteiger partial charge in [-0.15, -0.1) is 0 Å². The summed E-state index contributed by atoms with van der Waals surface area (Å²) < 4.78 is 12.9. The number of hydrogen-bond donors (Lipinski definition) is 1. The van der Waals surface area contributed by atoms with Crippen molar-refractivity contribution >= 4 is 0 Å². The van der Waals surface area contributed by atoms with E-state index in [9.17, 15) is 9.50 Å². The summed E-state index contributed by atoms with van der Waals surface area (Å²) in [4.78, 5) is 0. The van der Waals surface area contributed by atoms with E-state index >= 15 is 0 Å². The molecular weight excluding hydrogens is 179 g/mol. The summed E-state index contributed by atoms with van der Waals surface area (Å²) in [6.07, 6.45) is 3.61. The second-order valence-corrected chi connectivity index (χ2v) is 4.17. The lowest BCUT2D eigenvalue weighted by Gasteiger charge is -2.08. The Labute approximate surface area is 83.6 Å². The Morgan fingerprint density at radius 3 is 2.86 bits per heavy atom. The molecule has 0 bridgehead atoms. The van der Waals surface area contributed by atoms with Crippen LogP contribution in [-0.4, -0.2) is 11.2 Å². The van der Waals surface area contributed by atoms with Crippen LogP contribution in [0, 0.1) is 11.7 Å². The summed E-state index contributed by atoms with van der Waals surface area (Å²) in [5, 5.41) is 9.36. The quantitative estimate of drug-likeness (QED) is 0.767. The number of rotatable bonds is 2. The molecular formula is C12H15FO. The number of halogens is 1. The van der Waals surface area contributed by atoms with Crippen LogP contribution in [0.5, 0.6) is 0 Å². The second-order valence-electron chi connectivity index (χ2n) is 4.17. The van der Waals surface area contributed by atoms with Gasteiger partial charge in [-0.25, -0.2) is 4.39 Å². The molecule has 0 amide bonds. The topological polar surface area (TPSA) is 20.2 Å². The van der Waals surface area contributed by atoms with Gasteiger partial charge in [-0.1, -0.05) is 12.1 Å². The minimum absolute atomic E-state index is 0.131. The lowest BCUT2D eigenvalue weighted by molar-refractivity contribution is 0.177.